The van der Waals surface area contributed by atoms with Gasteiger partial charge in [0.1, 0.15) is 5.75 Å². The molecule has 1 atom stereocenters. The Balaban J connectivity index is 1.22. The smallest absolute Gasteiger partial charge is 0.321 e. The molecule has 0 saturated carbocycles. The van der Waals surface area contributed by atoms with E-state index in [0.29, 0.717) is 17.9 Å². The number of nitrogens with one attached hydrogen (secondary N) is 1. The zero-order valence-corrected chi connectivity index (χ0v) is 18.5. The van der Waals surface area contributed by atoms with Gasteiger partial charge in [-0.3, -0.25) is 4.90 Å². The van der Waals surface area contributed by atoms with Crippen LogP contribution in [0.25, 0.3) is 11.4 Å². The first kappa shape index (κ1) is 21.2. The minimum atomic E-state index is 0.454. The average molecular weight is 422 g/mol. The van der Waals surface area contributed by atoms with Gasteiger partial charge in [0.05, 0.1) is 7.11 Å². The highest BCUT2D eigenvalue weighted by molar-refractivity contribution is 5.57. The molecule has 1 aliphatic heterocycles. The lowest BCUT2D eigenvalue weighted by molar-refractivity contribution is 0.228. The summed E-state index contributed by atoms with van der Waals surface area (Å²) < 4.78 is 10.6. The van der Waals surface area contributed by atoms with Crippen LogP contribution in [0.5, 0.6) is 5.75 Å². The van der Waals surface area contributed by atoms with Crippen molar-refractivity contribution in [3.8, 4) is 17.1 Å². The van der Waals surface area contributed by atoms with E-state index in [2.05, 4.69) is 63.4 Å². The summed E-state index contributed by atoms with van der Waals surface area (Å²) in [5.41, 5.74) is 3.52. The van der Waals surface area contributed by atoms with Crippen LogP contribution in [0.1, 0.15) is 18.9 Å². The van der Waals surface area contributed by atoms with Gasteiger partial charge in [0.15, 0.2) is 0 Å². The number of ether oxygens (including phenoxy) is 1. The van der Waals surface area contributed by atoms with Gasteiger partial charge in [-0.2, -0.15) is 4.98 Å². The van der Waals surface area contributed by atoms with Gasteiger partial charge < -0.3 is 19.5 Å². The molecule has 3 aromatic rings. The summed E-state index contributed by atoms with van der Waals surface area (Å²) in [5.74, 6) is 1.33. The third-order valence-corrected chi connectivity index (χ3v) is 5.73. The first-order chi connectivity index (χ1) is 15.1. The van der Waals surface area contributed by atoms with Crippen molar-refractivity contribution < 1.29 is 9.26 Å². The Morgan fingerprint density at radius 2 is 2.03 bits per heavy atom. The third kappa shape index (κ3) is 5.35. The lowest BCUT2D eigenvalue weighted by atomic mass is 10.1. The summed E-state index contributed by atoms with van der Waals surface area (Å²) in [7, 11) is 1.64. The molecule has 0 aliphatic carbocycles. The fraction of sp³-hybridized carbons (Fsp3) is 0.417. The lowest BCUT2D eigenvalue weighted by Crippen LogP contribution is -2.52. The standard InChI is InChI=1S/C24H31N5O2/c1-18-7-4-9-21(15-18)29-14-13-28(17-19(29)2)12-6-11-25-24-26-23(27-31-24)20-8-5-10-22(16-20)30-3/h4-5,7-10,15-16,19H,6,11-14,17H2,1-3H3,(H,25,26,27). The topological polar surface area (TPSA) is 66.7 Å². The minimum absolute atomic E-state index is 0.454. The molecule has 1 unspecified atom stereocenters. The van der Waals surface area contributed by atoms with E-state index in [4.69, 9.17) is 9.26 Å². The van der Waals surface area contributed by atoms with Crippen LogP contribution in [0.15, 0.2) is 53.1 Å². The molecule has 7 nitrogen and oxygen atoms in total. The molecule has 4 rings (SSSR count). The molecule has 2 heterocycles. The Morgan fingerprint density at radius 1 is 1.16 bits per heavy atom. The molecule has 0 bridgehead atoms. The van der Waals surface area contributed by atoms with Crippen LogP contribution in [0.2, 0.25) is 0 Å². The van der Waals surface area contributed by atoms with Crippen molar-refractivity contribution in [1.82, 2.24) is 15.0 Å². The molecule has 2 aromatic carbocycles. The zero-order chi connectivity index (χ0) is 21.6. The molecule has 1 aromatic heterocycles. The molecular weight excluding hydrogens is 390 g/mol. The molecule has 164 valence electrons. The molecule has 1 fully saturated rings. The van der Waals surface area contributed by atoms with Gasteiger partial charge in [-0.25, -0.2) is 0 Å². The van der Waals surface area contributed by atoms with E-state index in [1.54, 1.807) is 7.11 Å². The van der Waals surface area contributed by atoms with Crippen molar-refractivity contribution in [2.45, 2.75) is 26.3 Å². The van der Waals surface area contributed by atoms with Gasteiger partial charge in [0, 0.05) is 43.5 Å². The Labute approximate surface area is 184 Å². The maximum atomic E-state index is 5.34. The first-order valence-electron chi connectivity index (χ1n) is 10.9. The highest BCUT2D eigenvalue weighted by Gasteiger charge is 2.23. The van der Waals surface area contributed by atoms with E-state index in [0.717, 1.165) is 50.5 Å². The number of benzene rings is 2. The fourth-order valence-corrected chi connectivity index (χ4v) is 4.10. The number of aryl methyl sites for hydroxylation is 1. The summed E-state index contributed by atoms with van der Waals surface area (Å²) in [6.07, 6.45) is 1.02. The normalized spacial score (nSPS) is 17.0. The third-order valence-electron chi connectivity index (χ3n) is 5.73. The number of methoxy groups -OCH3 is 1. The summed E-state index contributed by atoms with van der Waals surface area (Å²) in [6, 6.07) is 17.4. The molecule has 1 N–H and O–H groups in total. The van der Waals surface area contributed by atoms with E-state index >= 15 is 0 Å². The number of nitrogens with zero attached hydrogens (tertiary/aromatic N) is 4. The van der Waals surface area contributed by atoms with Gasteiger partial charge in [-0.05, 0) is 56.6 Å². The molecule has 7 heteroatoms. The predicted octanol–water partition coefficient (Wildman–Crippen LogP) is 4.07. The van der Waals surface area contributed by atoms with E-state index in [9.17, 15) is 0 Å². The number of rotatable bonds is 8. The van der Waals surface area contributed by atoms with Crippen molar-refractivity contribution >= 4 is 11.7 Å². The van der Waals surface area contributed by atoms with Gasteiger partial charge in [0.2, 0.25) is 5.82 Å². The largest absolute Gasteiger partial charge is 0.497 e. The number of piperazine rings is 1. The predicted molar refractivity (Wildman–Crippen MR) is 124 cm³/mol. The van der Waals surface area contributed by atoms with Gasteiger partial charge >= 0.3 is 6.01 Å². The summed E-state index contributed by atoms with van der Waals surface area (Å²) >= 11 is 0. The van der Waals surface area contributed by atoms with E-state index < -0.39 is 0 Å². The maximum absolute atomic E-state index is 5.34. The highest BCUT2D eigenvalue weighted by atomic mass is 16.5. The SMILES string of the molecule is COc1cccc(-c2noc(NCCCN3CCN(c4cccc(C)c4)C(C)C3)n2)c1. The summed E-state index contributed by atoms with van der Waals surface area (Å²) in [5, 5.41) is 7.31. The van der Waals surface area contributed by atoms with Crippen molar-refractivity contribution in [3.05, 3.63) is 54.1 Å². The van der Waals surface area contributed by atoms with E-state index in [-0.39, 0.29) is 0 Å². The van der Waals surface area contributed by atoms with Crippen LogP contribution in [-0.2, 0) is 0 Å². The Kier molecular flexibility index (Phi) is 6.72. The number of hydrogen-bond acceptors (Lipinski definition) is 7. The lowest BCUT2D eigenvalue weighted by Gasteiger charge is -2.41. The molecule has 0 spiro atoms. The van der Waals surface area contributed by atoms with Crippen LogP contribution in [0, 0.1) is 6.92 Å². The Bertz CT molecular complexity index is 989. The Hall–Kier alpha value is -3.06. The second kappa shape index (κ2) is 9.83. The molecule has 1 saturated heterocycles. The maximum Gasteiger partial charge on any atom is 0.321 e. The van der Waals surface area contributed by atoms with Crippen LogP contribution >= 0.6 is 0 Å². The summed E-state index contributed by atoms with van der Waals surface area (Å²) in [6.45, 7) is 9.53. The number of hydrogen-bond donors (Lipinski definition) is 1. The van der Waals surface area contributed by atoms with E-state index in [1.165, 1.54) is 11.3 Å². The quantitative estimate of drug-likeness (QED) is 0.550. The molecule has 1 aliphatic rings. The van der Waals surface area contributed by atoms with Crippen LogP contribution < -0.4 is 15.0 Å². The van der Waals surface area contributed by atoms with Crippen molar-refractivity contribution in [3.63, 3.8) is 0 Å². The van der Waals surface area contributed by atoms with Crippen molar-refractivity contribution in [1.29, 1.82) is 0 Å². The molecule has 0 radical (unpaired) electrons. The first-order valence-corrected chi connectivity index (χ1v) is 10.9. The fourth-order valence-electron chi connectivity index (χ4n) is 4.10. The van der Waals surface area contributed by atoms with E-state index in [1.807, 2.05) is 24.3 Å². The minimum Gasteiger partial charge on any atom is -0.497 e. The van der Waals surface area contributed by atoms with Crippen LogP contribution in [0.3, 0.4) is 0 Å². The summed E-state index contributed by atoms with van der Waals surface area (Å²) in [4.78, 5) is 9.49. The second-order valence-electron chi connectivity index (χ2n) is 8.12. The average Bonchev–Trinajstić information content (AvgIpc) is 3.26. The monoisotopic (exact) mass is 421 g/mol. The van der Waals surface area contributed by atoms with Gasteiger partial charge in [0.25, 0.3) is 0 Å². The van der Waals surface area contributed by atoms with Crippen LogP contribution in [-0.4, -0.2) is 60.9 Å². The number of anilines is 2. The van der Waals surface area contributed by atoms with Crippen molar-refractivity contribution in [2.75, 3.05) is 50.1 Å². The molecular formula is C24H31N5O2. The second-order valence-corrected chi connectivity index (χ2v) is 8.12. The highest BCUT2D eigenvalue weighted by Crippen LogP contribution is 2.23. The Morgan fingerprint density at radius 3 is 2.84 bits per heavy atom. The molecule has 31 heavy (non-hydrogen) atoms. The van der Waals surface area contributed by atoms with Crippen molar-refractivity contribution in [2.24, 2.45) is 0 Å². The molecule has 0 amide bonds. The van der Waals surface area contributed by atoms with Gasteiger partial charge in [-0.1, -0.05) is 29.4 Å². The zero-order valence-electron chi connectivity index (χ0n) is 18.5. The van der Waals surface area contributed by atoms with Crippen LogP contribution in [0.4, 0.5) is 11.7 Å². The number of aromatic nitrogens is 2. The van der Waals surface area contributed by atoms with Gasteiger partial charge in [-0.15, -0.1) is 0 Å².